The van der Waals surface area contributed by atoms with Crippen molar-refractivity contribution in [2.45, 2.75) is 44.7 Å². The Morgan fingerprint density at radius 3 is 2.50 bits per heavy atom. The number of rotatable bonds is 3. The third-order valence-corrected chi connectivity index (χ3v) is 3.15. The van der Waals surface area contributed by atoms with E-state index in [-0.39, 0.29) is 5.92 Å². The maximum Gasteiger partial charge on any atom is 0.0666 e. The van der Waals surface area contributed by atoms with Crippen molar-refractivity contribution in [2.24, 2.45) is 11.7 Å². The number of hydrogen-bond donors (Lipinski definition) is 1. The second kappa shape index (κ2) is 5.33. The molecule has 1 unspecified atom stereocenters. The maximum atomic E-state index is 8.73. The quantitative estimate of drug-likeness (QED) is 0.739. The molecule has 1 rings (SSSR count). The summed E-state index contributed by atoms with van der Waals surface area (Å²) in [5.74, 6) is 0.135. The highest BCUT2D eigenvalue weighted by Crippen LogP contribution is 2.21. The molecule has 1 aliphatic carbocycles. The summed E-state index contributed by atoms with van der Waals surface area (Å²) in [6.07, 6.45) is 4.65. The highest BCUT2D eigenvalue weighted by molar-refractivity contribution is 4.85. The van der Waals surface area contributed by atoms with Crippen LogP contribution in [0.3, 0.4) is 0 Å². The molecule has 0 spiro atoms. The van der Waals surface area contributed by atoms with E-state index in [0.29, 0.717) is 12.1 Å². The first kappa shape index (κ1) is 11.5. The predicted molar refractivity (Wildman–Crippen MR) is 57.6 cm³/mol. The minimum atomic E-state index is 0.135. The van der Waals surface area contributed by atoms with Gasteiger partial charge in [0.05, 0.1) is 12.0 Å². The predicted octanol–water partition coefficient (Wildman–Crippen LogP) is 1.35. The second-order valence-electron chi connectivity index (χ2n) is 4.54. The molecular weight excluding hydrogens is 174 g/mol. The summed E-state index contributed by atoms with van der Waals surface area (Å²) in [6.45, 7) is 2.86. The lowest BCUT2D eigenvalue weighted by Crippen LogP contribution is -2.40. The molecule has 1 atom stereocenters. The summed E-state index contributed by atoms with van der Waals surface area (Å²) < 4.78 is 0. The van der Waals surface area contributed by atoms with Gasteiger partial charge >= 0.3 is 0 Å². The largest absolute Gasteiger partial charge is 0.328 e. The van der Waals surface area contributed by atoms with Crippen LogP contribution >= 0.6 is 0 Å². The molecular formula is C11H21N3. The molecule has 0 bridgehead atoms. The highest BCUT2D eigenvalue weighted by Gasteiger charge is 2.22. The Hall–Kier alpha value is -0.590. The molecule has 0 aromatic rings. The van der Waals surface area contributed by atoms with Gasteiger partial charge in [-0.25, -0.2) is 0 Å². The molecule has 0 aromatic heterocycles. The number of nitrogens with zero attached hydrogens (tertiary/aromatic N) is 2. The van der Waals surface area contributed by atoms with E-state index >= 15 is 0 Å². The molecule has 2 N–H and O–H groups in total. The number of nitrogens with two attached hydrogens (primary N) is 1. The van der Waals surface area contributed by atoms with Gasteiger partial charge in [0.1, 0.15) is 0 Å². The second-order valence-corrected chi connectivity index (χ2v) is 4.54. The molecule has 1 fully saturated rings. The molecule has 0 aliphatic heterocycles. The van der Waals surface area contributed by atoms with Crippen molar-refractivity contribution in [1.29, 1.82) is 5.26 Å². The van der Waals surface area contributed by atoms with E-state index in [0.717, 1.165) is 19.4 Å². The van der Waals surface area contributed by atoms with Crippen LogP contribution in [0.4, 0.5) is 0 Å². The first-order chi connectivity index (χ1) is 6.63. The van der Waals surface area contributed by atoms with E-state index in [1.54, 1.807) is 0 Å². The van der Waals surface area contributed by atoms with Crippen molar-refractivity contribution < 1.29 is 0 Å². The van der Waals surface area contributed by atoms with Crippen molar-refractivity contribution in [2.75, 3.05) is 13.6 Å². The van der Waals surface area contributed by atoms with E-state index in [1.165, 1.54) is 12.8 Å². The third-order valence-electron chi connectivity index (χ3n) is 3.15. The SMILES string of the molecule is CC(C#N)CN(C)C1CCC(N)CC1. The van der Waals surface area contributed by atoms with Crippen LogP contribution in [0.25, 0.3) is 0 Å². The monoisotopic (exact) mass is 195 g/mol. The van der Waals surface area contributed by atoms with Gasteiger partial charge in [-0.05, 0) is 39.7 Å². The Balaban J connectivity index is 2.31. The molecule has 0 saturated heterocycles. The van der Waals surface area contributed by atoms with Gasteiger partial charge in [-0.1, -0.05) is 0 Å². The zero-order valence-electron chi connectivity index (χ0n) is 9.24. The van der Waals surface area contributed by atoms with Gasteiger partial charge in [0.15, 0.2) is 0 Å². The Labute approximate surface area is 86.9 Å². The van der Waals surface area contributed by atoms with Crippen LogP contribution in [0.2, 0.25) is 0 Å². The summed E-state index contributed by atoms with van der Waals surface area (Å²) in [5, 5.41) is 8.73. The van der Waals surface area contributed by atoms with Gasteiger partial charge in [-0.2, -0.15) is 5.26 Å². The molecule has 1 aliphatic rings. The van der Waals surface area contributed by atoms with Gasteiger partial charge < -0.3 is 10.6 Å². The number of hydrogen-bond acceptors (Lipinski definition) is 3. The van der Waals surface area contributed by atoms with E-state index in [2.05, 4.69) is 18.0 Å². The lowest BCUT2D eigenvalue weighted by atomic mass is 9.90. The van der Waals surface area contributed by atoms with Crippen LogP contribution < -0.4 is 5.73 Å². The van der Waals surface area contributed by atoms with E-state index in [4.69, 9.17) is 11.0 Å². The fraction of sp³-hybridized carbons (Fsp3) is 0.909. The van der Waals surface area contributed by atoms with Gasteiger partial charge in [-0.3, -0.25) is 0 Å². The maximum absolute atomic E-state index is 8.73. The molecule has 0 aromatic carbocycles. The fourth-order valence-electron chi connectivity index (χ4n) is 2.16. The average Bonchev–Trinajstić information content (AvgIpc) is 2.18. The molecule has 14 heavy (non-hydrogen) atoms. The molecule has 3 heteroatoms. The molecule has 0 heterocycles. The van der Waals surface area contributed by atoms with Crippen molar-refractivity contribution in [1.82, 2.24) is 4.90 Å². The van der Waals surface area contributed by atoms with E-state index < -0.39 is 0 Å². The Bertz CT molecular complexity index is 201. The minimum absolute atomic E-state index is 0.135. The first-order valence-corrected chi connectivity index (χ1v) is 5.49. The smallest absolute Gasteiger partial charge is 0.0666 e. The lowest BCUT2D eigenvalue weighted by Gasteiger charge is -2.33. The highest BCUT2D eigenvalue weighted by atomic mass is 15.1. The molecule has 80 valence electrons. The Morgan fingerprint density at radius 2 is 2.00 bits per heavy atom. The van der Waals surface area contributed by atoms with Crippen LogP contribution in [-0.2, 0) is 0 Å². The summed E-state index contributed by atoms with van der Waals surface area (Å²) >= 11 is 0. The van der Waals surface area contributed by atoms with Crippen LogP contribution in [0, 0.1) is 17.2 Å². The molecule has 0 radical (unpaired) electrons. The van der Waals surface area contributed by atoms with Gasteiger partial charge in [0.25, 0.3) is 0 Å². The van der Waals surface area contributed by atoms with Crippen molar-refractivity contribution >= 4 is 0 Å². The van der Waals surface area contributed by atoms with Gasteiger partial charge in [-0.15, -0.1) is 0 Å². The third kappa shape index (κ3) is 3.28. The zero-order chi connectivity index (χ0) is 10.6. The average molecular weight is 195 g/mol. The normalized spacial score (nSPS) is 29.9. The van der Waals surface area contributed by atoms with Crippen molar-refractivity contribution in [3.8, 4) is 6.07 Å². The standard InChI is InChI=1S/C11H21N3/c1-9(7-12)8-14(2)11-5-3-10(13)4-6-11/h9-11H,3-6,8,13H2,1-2H3. The topological polar surface area (TPSA) is 53.0 Å². The van der Waals surface area contributed by atoms with Crippen LogP contribution in [0.5, 0.6) is 0 Å². The summed E-state index contributed by atoms with van der Waals surface area (Å²) in [5.41, 5.74) is 5.85. The summed E-state index contributed by atoms with van der Waals surface area (Å²) in [7, 11) is 2.12. The van der Waals surface area contributed by atoms with Gasteiger partial charge in [0, 0.05) is 18.6 Å². The summed E-state index contributed by atoms with van der Waals surface area (Å²) in [6, 6.07) is 3.33. The Morgan fingerprint density at radius 1 is 1.43 bits per heavy atom. The zero-order valence-corrected chi connectivity index (χ0v) is 9.24. The fourth-order valence-corrected chi connectivity index (χ4v) is 2.16. The van der Waals surface area contributed by atoms with Crippen molar-refractivity contribution in [3.63, 3.8) is 0 Å². The lowest BCUT2D eigenvalue weighted by molar-refractivity contribution is 0.173. The van der Waals surface area contributed by atoms with Crippen LogP contribution in [0.1, 0.15) is 32.6 Å². The Kier molecular flexibility index (Phi) is 4.37. The number of nitriles is 1. The van der Waals surface area contributed by atoms with E-state index in [1.807, 2.05) is 6.92 Å². The molecule has 1 saturated carbocycles. The summed E-state index contributed by atoms with van der Waals surface area (Å²) in [4.78, 5) is 2.32. The molecule has 0 amide bonds. The van der Waals surface area contributed by atoms with Crippen molar-refractivity contribution in [3.05, 3.63) is 0 Å². The van der Waals surface area contributed by atoms with Gasteiger partial charge in [0.2, 0.25) is 0 Å². The van der Waals surface area contributed by atoms with Crippen LogP contribution in [-0.4, -0.2) is 30.6 Å². The van der Waals surface area contributed by atoms with E-state index in [9.17, 15) is 0 Å². The molecule has 3 nitrogen and oxygen atoms in total. The minimum Gasteiger partial charge on any atom is -0.328 e. The van der Waals surface area contributed by atoms with Crippen LogP contribution in [0.15, 0.2) is 0 Å². The first-order valence-electron chi connectivity index (χ1n) is 5.49.